The number of amides is 1. The highest BCUT2D eigenvalue weighted by atomic mass is 32.2. The minimum absolute atomic E-state index is 0.0894. The van der Waals surface area contributed by atoms with Crippen molar-refractivity contribution in [2.45, 2.75) is 19.0 Å². The van der Waals surface area contributed by atoms with Gasteiger partial charge in [-0.3, -0.25) is 9.48 Å². The van der Waals surface area contributed by atoms with Crippen LogP contribution in [0.5, 0.6) is 0 Å². The van der Waals surface area contributed by atoms with Crippen molar-refractivity contribution in [3.8, 4) is 11.4 Å². The van der Waals surface area contributed by atoms with Crippen molar-refractivity contribution in [2.75, 3.05) is 11.1 Å². The van der Waals surface area contributed by atoms with Gasteiger partial charge in [0, 0.05) is 19.7 Å². The Morgan fingerprint density at radius 3 is 2.52 bits per heavy atom. The largest absolute Gasteiger partial charge is 0.322 e. The van der Waals surface area contributed by atoms with E-state index >= 15 is 0 Å². The minimum Gasteiger partial charge on any atom is -0.322 e. The quantitative estimate of drug-likeness (QED) is 0.711. The van der Waals surface area contributed by atoms with Crippen LogP contribution in [0.1, 0.15) is 11.4 Å². The van der Waals surface area contributed by atoms with Crippen LogP contribution in [0.3, 0.4) is 0 Å². The van der Waals surface area contributed by atoms with E-state index in [0.29, 0.717) is 5.16 Å². The fourth-order valence-corrected chi connectivity index (χ4v) is 3.25. The van der Waals surface area contributed by atoms with E-state index in [-0.39, 0.29) is 11.7 Å². The molecule has 130 valence electrons. The van der Waals surface area contributed by atoms with E-state index < -0.39 is 0 Å². The van der Waals surface area contributed by atoms with Crippen LogP contribution in [0.15, 0.2) is 35.5 Å². The second-order valence-corrected chi connectivity index (χ2v) is 6.68. The summed E-state index contributed by atoms with van der Waals surface area (Å²) in [6, 6.07) is 9.85. The fourth-order valence-electron chi connectivity index (χ4n) is 2.54. The molecule has 0 spiro atoms. The van der Waals surface area contributed by atoms with Gasteiger partial charge < -0.3 is 9.88 Å². The van der Waals surface area contributed by atoms with Crippen LogP contribution in [0.4, 0.5) is 5.69 Å². The number of thioether (sulfide) groups is 1. The van der Waals surface area contributed by atoms with Gasteiger partial charge >= 0.3 is 0 Å². The first-order chi connectivity index (χ1) is 12.0. The normalized spacial score (nSPS) is 10.9. The Labute approximate surface area is 150 Å². The first-order valence-electron chi connectivity index (χ1n) is 7.85. The number of nitrogens with one attached hydrogen (secondary N) is 1. The first kappa shape index (κ1) is 17.2. The summed E-state index contributed by atoms with van der Waals surface area (Å²) in [5.41, 5.74) is 3.51. The number of nitrogens with zero attached hydrogens (tertiary/aromatic N) is 5. The van der Waals surface area contributed by atoms with Gasteiger partial charge in [-0.2, -0.15) is 5.10 Å². The van der Waals surface area contributed by atoms with Gasteiger partial charge in [0.1, 0.15) is 0 Å². The van der Waals surface area contributed by atoms with Crippen LogP contribution in [0.2, 0.25) is 0 Å². The summed E-state index contributed by atoms with van der Waals surface area (Å²) in [6.45, 7) is 3.81. The highest BCUT2D eigenvalue weighted by Crippen LogP contribution is 2.23. The highest BCUT2D eigenvalue weighted by molar-refractivity contribution is 7.99. The van der Waals surface area contributed by atoms with E-state index in [0.717, 1.165) is 28.5 Å². The van der Waals surface area contributed by atoms with E-state index in [1.54, 1.807) is 4.68 Å². The maximum absolute atomic E-state index is 12.3. The van der Waals surface area contributed by atoms with E-state index in [9.17, 15) is 4.79 Å². The second-order valence-electron chi connectivity index (χ2n) is 5.74. The van der Waals surface area contributed by atoms with E-state index in [1.165, 1.54) is 11.8 Å². The van der Waals surface area contributed by atoms with E-state index in [2.05, 4.69) is 20.6 Å². The van der Waals surface area contributed by atoms with Gasteiger partial charge in [0.05, 0.1) is 22.8 Å². The number of aryl methyl sites for hydroxylation is 2. The average molecular weight is 356 g/mol. The van der Waals surface area contributed by atoms with Crippen molar-refractivity contribution in [1.82, 2.24) is 24.5 Å². The molecule has 2 heterocycles. The number of rotatable bonds is 5. The third kappa shape index (κ3) is 3.58. The number of hydrogen-bond donors (Lipinski definition) is 1. The lowest BCUT2D eigenvalue weighted by atomic mass is 10.2. The van der Waals surface area contributed by atoms with Crippen LogP contribution in [-0.4, -0.2) is 36.2 Å². The zero-order chi connectivity index (χ0) is 18.0. The molecule has 3 aromatic rings. The summed E-state index contributed by atoms with van der Waals surface area (Å²) in [4.78, 5) is 12.3. The number of benzene rings is 1. The summed E-state index contributed by atoms with van der Waals surface area (Å²) < 4.78 is 3.65. The molecule has 0 saturated heterocycles. The van der Waals surface area contributed by atoms with Crippen LogP contribution < -0.4 is 5.32 Å². The molecule has 0 aliphatic carbocycles. The summed E-state index contributed by atoms with van der Waals surface area (Å²) in [5.74, 6) is 0.949. The molecule has 25 heavy (non-hydrogen) atoms. The van der Waals surface area contributed by atoms with Crippen molar-refractivity contribution >= 4 is 23.4 Å². The van der Waals surface area contributed by atoms with Crippen LogP contribution in [0.25, 0.3) is 11.4 Å². The monoisotopic (exact) mass is 356 g/mol. The van der Waals surface area contributed by atoms with Crippen molar-refractivity contribution < 1.29 is 4.79 Å². The number of aromatic nitrogens is 5. The Morgan fingerprint density at radius 2 is 1.88 bits per heavy atom. The standard InChI is InChI=1S/C17H20N6OS/c1-11-15(12(2)23(4)21-11)18-14(24)10-25-17-20-19-16(22(17)3)13-8-6-5-7-9-13/h5-9H,10H2,1-4H3,(H,18,24). The fraction of sp³-hybridized carbons (Fsp3) is 0.294. The topological polar surface area (TPSA) is 77.6 Å². The molecule has 7 nitrogen and oxygen atoms in total. The average Bonchev–Trinajstić information content (AvgIpc) is 3.08. The lowest BCUT2D eigenvalue weighted by molar-refractivity contribution is -0.113. The SMILES string of the molecule is Cc1nn(C)c(C)c1NC(=O)CSc1nnc(-c2ccccc2)n1C. The molecule has 0 radical (unpaired) electrons. The van der Waals surface area contributed by atoms with Crippen molar-refractivity contribution in [1.29, 1.82) is 0 Å². The van der Waals surface area contributed by atoms with Gasteiger partial charge in [-0.15, -0.1) is 10.2 Å². The molecule has 0 unspecified atom stereocenters. The van der Waals surface area contributed by atoms with Crippen LogP contribution in [0, 0.1) is 13.8 Å². The predicted octanol–water partition coefficient (Wildman–Crippen LogP) is 2.56. The third-order valence-corrected chi connectivity index (χ3v) is 4.99. The van der Waals surface area contributed by atoms with Crippen molar-refractivity contribution in [3.63, 3.8) is 0 Å². The van der Waals surface area contributed by atoms with Crippen LogP contribution in [-0.2, 0) is 18.9 Å². The summed E-state index contributed by atoms with van der Waals surface area (Å²) in [5, 5.41) is 16.3. The van der Waals surface area contributed by atoms with E-state index in [4.69, 9.17) is 0 Å². The van der Waals surface area contributed by atoms with Gasteiger partial charge in [-0.1, -0.05) is 42.1 Å². The van der Waals surface area contributed by atoms with Gasteiger partial charge in [-0.25, -0.2) is 0 Å². The van der Waals surface area contributed by atoms with Crippen LogP contribution >= 0.6 is 11.8 Å². The molecule has 1 amide bonds. The molecule has 0 saturated carbocycles. The number of carbonyl (C=O) groups excluding carboxylic acids is 1. The maximum atomic E-state index is 12.3. The molecule has 1 aromatic carbocycles. The van der Waals surface area contributed by atoms with E-state index in [1.807, 2.05) is 62.8 Å². The Morgan fingerprint density at radius 1 is 1.16 bits per heavy atom. The summed E-state index contributed by atoms with van der Waals surface area (Å²) in [6.07, 6.45) is 0. The molecule has 0 aliphatic rings. The lowest BCUT2D eigenvalue weighted by Crippen LogP contribution is -2.15. The molecule has 2 aromatic heterocycles. The molecule has 3 rings (SSSR count). The predicted molar refractivity (Wildman–Crippen MR) is 98.5 cm³/mol. The zero-order valence-corrected chi connectivity index (χ0v) is 15.5. The highest BCUT2D eigenvalue weighted by Gasteiger charge is 2.15. The molecule has 0 aliphatic heterocycles. The van der Waals surface area contributed by atoms with Crippen molar-refractivity contribution in [2.24, 2.45) is 14.1 Å². The molecule has 0 fully saturated rings. The number of hydrogen-bond acceptors (Lipinski definition) is 5. The molecule has 8 heteroatoms. The zero-order valence-electron chi connectivity index (χ0n) is 14.6. The number of carbonyl (C=O) groups is 1. The first-order valence-corrected chi connectivity index (χ1v) is 8.83. The maximum Gasteiger partial charge on any atom is 0.234 e. The Bertz CT molecular complexity index is 900. The molecule has 0 atom stereocenters. The smallest absolute Gasteiger partial charge is 0.234 e. The van der Waals surface area contributed by atoms with Gasteiger partial charge in [0.25, 0.3) is 0 Å². The Balaban J connectivity index is 1.66. The minimum atomic E-state index is -0.0894. The van der Waals surface area contributed by atoms with Crippen molar-refractivity contribution in [3.05, 3.63) is 41.7 Å². The molecular formula is C17H20N6OS. The second kappa shape index (κ2) is 7.10. The van der Waals surface area contributed by atoms with Gasteiger partial charge in [0.15, 0.2) is 11.0 Å². The number of anilines is 1. The molecular weight excluding hydrogens is 336 g/mol. The molecule has 0 bridgehead atoms. The Hall–Kier alpha value is -2.61. The molecule has 1 N–H and O–H groups in total. The van der Waals surface area contributed by atoms with Gasteiger partial charge in [-0.05, 0) is 13.8 Å². The summed E-state index contributed by atoms with van der Waals surface area (Å²) in [7, 11) is 3.76. The van der Waals surface area contributed by atoms with Gasteiger partial charge in [0.2, 0.25) is 5.91 Å². The third-order valence-electron chi connectivity index (χ3n) is 3.97. The summed E-state index contributed by atoms with van der Waals surface area (Å²) >= 11 is 1.36. The lowest BCUT2D eigenvalue weighted by Gasteiger charge is -2.06. The Kier molecular flexibility index (Phi) is 4.89.